The Bertz CT molecular complexity index is 847. The zero-order valence-electron chi connectivity index (χ0n) is 14.7. The first-order valence-corrected chi connectivity index (χ1v) is 9.57. The van der Waals surface area contributed by atoms with Crippen molar-refractivity contribution < 1.29 is 4.79 Å². The van der Waals surface area contributed by atoms with Crippen molar-refractivity contribution in [1.82, 2.24) is 5.32 Å². The minimum absolute atomic E-state index is 0.0124. The Labute approximate surface area is 158 Å². The Kier molecular flexibility index (Phi) is 5.92. The topological polar surface area (TPSA) is 67.2 Å². The van der Waals surface area contributed by atoms with E-state index in [0.717, 1.165) is 24.2 Å². The highest BCUT2D eigenvalue weighted by molar-refractivity contribution is 7.09. The quantitative estimate of drug-likeness (QED) is 0.526. The zero-order valence-corrected chi connectivity index (χ0v) is 15.6. The number of hydrogen-bond donors (Lipinski definition) is 3. The summed E-state index contributed by atoms with van der Waals surface area (Å²) in [6.07, 6.45) is 0.825. The highest BCUT2D eigenvalue weighted by Gasteiger charge is 2.14. The van der Waals surface area contributed by atoms with Crippen LogP contribution in [0.2, 0.25) is 0 Å². The van der Waals surface area contributed by atoms with Crippen LogP contribution in [0, 0.1) is 0 Å². The Morgan fingerprint density at radius 2 is 1.92 bits per heavy atom. The van der Waals surface area contributed by atoms with E-state index in [-0.39, 0.29) is 11.9 Å². The van der Waals surface area contributed by atoms with Crippen LogP contribution in [-0.4, -0.2) is 5.91 Å². The molecule has 0 bridgehead atoms. The van der Waals surface area contributed by atoms with E-state index in [4.69, 9.17) is 5.73 Å². The Hall–Kier alpha value is -2.79. The van der Waals surface area contributed by atoms with Crippen LogP contribution in [0.25, 0.3) is 0 Å². The van der Waals surface area contributed by atoms with Crippen LogP contribution in [-0.2, 0) is 6.54 Å². The Balaban J connectivity index is 1.66. The van der Waals surface area contributed by atoms with E-state index >= 15 is 0 Å². The molecule has 0 aliphatic heterocycles. The summed E-state index contributed by atoms with van der Waals surface area (Å²) in [5.41, 5.74) is 9.21. The number of carbonyl (C=O) groups is 1. The van der Waals surface area contributed by atoms with Gasteiger partial charge in [0.1, 0.15) is 0 Å². The predicted molar refractivity (Wildman–Crippen MR) is 109 cm³/mol. The van der Waals surface area contributed by atoms with Crippen LogP contribution in [0.4, 0.5) is 11.4 Å². The summed E-state index contributed by atoms with van der Waals surface area (Å²) in [6, 6.07) is 19.5. The molecule has 0 saturated heterocycles. The molecule has 0 fully saturated rings. The Morgan fingerprint density at radius 1 is 1.12 bits per heavy atom. The summed E-state index contributed by atoms with van der Waals surface area (Å²) in [4.78, 5) is 13.8. The normalized spacial score (nSPS) is 11.7. The maximum absolute atomic E-state index is 12.6. The van der Waals surface area contributed by atoms with Crippen molar-refractivity contribution in [2.75, 3.05) is 11.1 Å². The fourth-order valence-corrected chi connectivity index (χ4v) is 3.45. The van der Waals surface area contributed by atoms with Crippen LogP contribution in [0.1, 0.15) is 40.2 Å². The number of thiophene rings is 1. The molecule has 1 heterocycles. The number of nitrogens with one attached hydrogen (secondary N) is 2. The van der Waals surface area contributed by atoms with Gasteiger partial charge < -0.3 is 16.4 Å². The van der Waals surface area contributed by atoms with Gasteiger partial charge in [-0.05, 0) is 41.6 Å². The van der Waals surface area contributed by atoms with Crippen molar-refractivity contribution in [3.8, 4) is 0 Å². The predicted octanol–water partition coefficient (Wildman–Crippen LogP) is 4.82. The minimum atomic E-state index is -0.114. The van der Waals surface area contributed by atoms with E-state index in [1.807, 2.05) is 47.8 Å². The molecule has 0 spiro atoms. The molecule has 1 atom stereocenters. The van der Waals surface area contributed by atoms with Gasteiger partial charge in [0, 0.05) is 17.0 Å². The van der Waals surface area contributed by atoms with E-state index in [1.165, 1.54) is 4.88 Å². The van der Waals surface area contributed by atoms with Crippen LogP contribution in [0.5, 0.6) is 0 Å². The summed E-state index contributed by atoms with van der Waals surface area (Å²) in [5, 5.41) is 8.45. The highest BCUT2D eigenvalue weighted by Crippen LogP contribution is 2.23. The smallest absolute Gasteiger partial charge is 0.251 e. The third kappa shape index (κ3) is 4.43. The fourth-order valence-electron chi connectivity index (χ4n) is 2.81. The van der Waals surface area contributed by atoms with Crippen molar-refractivity contribution >= 4 is 28.6 Å². The van der Waals surface area contributed by atoms with Gasteiger partial charge in [0.15, 0.2) is 0 Å². The Morgan fingerprint density at radius 3 is 2.58 bits per heavy atom. The molecule has 3 rings (SSSR count). The number of carbonyl (C=O) groups excluding carboxylic acids is 1. The fraction of sp³-hybridized carbons (Fsp3) is 0.190. The van der Waals surface area contributed by atoms with Crippen LogP contribution in [0.15, 0.2) is 66.0 Å². The molecular weight excluding hydrogens is 342 g/mol. The van der Waals surface area contributed by atoms with E-state index in [2.05, 4.69) is 23.6 Å². The molecule has 5 heteroatoms. The zero-order chi connectivity index (χ0) is 18.4. The molecule has 0 radical (unpaired) electrons. The second-order valence-electron chi connectivity index (χ2n) is 6.08. The number of amides is 1. The molecule has 0 aliphatic carbocycles. The van der Waals surface area contributed by atoms with Crippen LogP contribution < -0.4 is 16.4 Å². The van der Waals surface area contributed by atoms with Crippen LogP contribution in [0.3, 0.4) is 0 Å². The molecule has 1 amide bonds. The molecule has 26 heavy (non-hydrogen) atoms. The second-order valence-corrected chi connectivity index (χ2v) is 7.11. The van der Waals surface area contributed by atoms with Gasteiger partial charge in [-0.25, -0.2) is 0 Å². The van der Waals surface area contributed by atoms with E-state index in [1.54, 1.807) is 23.5 Å². The van der Waals surface area contributed by atoms with E-state index in [0.29, 0.717) is 11.3 Å². The number of hydrogen-bond acceptors (Lipinski definition) is 4. The molecule has 4 nitrogen and oxygen atoms in total. The lowest BCUT2D eigenvalue weighted by Crippen LogP contribution is -2.28. The molecule has 1 aromatic heterocycles. The summed E-state index contributed by atoms with van der Waals surface area (Å²) in [7, 11) is 0. The van der Waals surface area contributed by atoms with Gasteiger partial charge in [0.25, 0.3) is 5.91 Å². The van der Waals surface area contributed by atoms with Gasteiger partial charge in [0.05, 0.1) is 17.4 Å². The molecule has 134 valence electrons. The maximum atomic E-state index is 12.6. The van der Waals surface area contributed by atoms with Crippen molar-refractivity contribution in [2.45, 2.75) is 25.9 Å². The van der Waals surface area contributed by atoms with Gasteiger partial charge in [-0.3, -0.25) is 4.79 Å². The van der Waals surface area contributed by atoms with Crippen molar-refractivity contribution in [1.29, 1.82) is 0 Å². The molecule has 4 N–H and O–H groups in total. The third-order valence-corrected chi connectivity index (χ3v) is 5.14. The number of nitrogen functional groups attached to an aromatic ring is 1. The number of nitrogens with two attached hydrogens (primary N) is 1. The molecule has 2 aromatic carbocycles. The van der Waals surface area contributed by atoms with Crippen molar-refractivity contribution in [2.24, 2.45) is 0 Å². The van der Waals surface area contributed by atoms with E-state index < -0.39 is 0 Å². The first kappa shape index (κ1) is 18.0. The second kappa shape index (κ2) is 8.54. The minimum Gasteiger partial charge on any atom is -0.397 e. The third-order valence-electron chi connectivity index (χ3n) is 4.26. The molecule has 0 saturated carbocycles. The van der Waals surface area contributed by atoms with Gasteiger partial charge in [-0.1, -0.05) is 43.3 Å². The maximum Gasteiger partial charge on any atom is 0.251 e. The van der Waals surface area contributed by atoms with Crippen LogP contribution >= 0.6 is 11.3 Å². The molecule has 0 unspecified atom stereocenters. The average Bonchev–Trinajstić information content (AvgIpc) is 3.19. The first-order valence-electron chi connectivity index (χ1n) is 8.69. The lowest BCUT2D eigenvalue weighted by Gasteiger charge is -2.18. The standard InChI is InChI=1S/C21H23N3OS/c1-2-19(15-7-4-3-5-8-15)24-21(25)16-10-11-20(18(22)13-16)23-14-17-9-6-12-26-17/h3-13,19,23H,2,14,22H2,1H3,(H,24,25)/t19-/m1/s1. The summed E-state index contributed by atoms with van der Waals surface area (Å²) < 4.78 is 0. The SMILES string of the molecule is CC[C@@H](NC(=O)c1ccc(NCc2cccs2)c(N)c1)c1ccccc1. The van der Waals surface area contributed by atoms with Gasteiger partial charge in [-0.2, -0.15) is 0 Å². The average molecular weight is 366 g/mol. The highest BCUT2D eigenvalue weighted by atomic mass is 32.1. The van der Waals surface area contributed by atoms with Crippen molar-refractivity contribution in [3.05, 3.63) is 82.0 Å². The van der Waals surface area contributed by atoms with Crippen molar-refractivity contribution in [3.63, 3.8) is 0 Å². The molecule has 0 aliphatic rings. The number of rotatable bonds is 7. The summed E-state index contributed by atoms with van der Waals surface area (Å²) >= 11 is 1.70. The van der Waals surface area contributed by atoms with Gasteiger partial charge in [-0.15, -0.1) is 11.3 Å². The summed E-state index contributed by atoms with van der Waals surface area (Å²) in [6.45, 7) is 2.78. The monoisotopic (exact) mass is 365 g/mol. The number of benzene rings is 2. The molecular formula is C21H23N3OS. The largest absolute Gasteiger partial charge is 0.397 e. The van der Waals surface area contributed by atoms with E-state index in [9.17, 15) is 4.79 Å². The molecule has 3 aromatic rings. The first-order chi connectivity index (χ1) is 12.7. The lowest BCUT2D eigenvalue weighted by molar-refractivity contribution is 0.0935. The van der Waals surface area contributed by atoms with Gasteiger partial charge in [0.2, 0.25) is 0 Å². The summed E-state index contributed by atoms with van der Waals surface area (Å²) in [5.74, 6) is -0.114. The lowest BCUT2D eigenvalue weighted by atomic mass is 10.0. The number of anilines is 2. The van der Waals surface area contributed by atoms with Gasteiger partial charge >= 0.3 is 0 Å².